The van der Waals surface area contributed by atoms with Crippen molar-refractivity contribution in [2.24, 2.45) is 0 Å². The fourth-order valence-corrected chi connectivity index (χ4v) is 3.64. The smallest absolute Gasteiger partial charge is 0.200 e. The molecule has 7 heteroatoms. The molecule has 1 nitrogen and oxygen atoms in total. The van der Waals surface area contributed by atoms with Crippen molar-refractivity contribution >= 4 is 23.6 Å². The molecule has 1 aliphatic heterocycles. The SMILES string of the molecule is CCc1cccc2c1S/C(=C\c1c(F)c(F)c(F)c(F)c1F)C2=O. The lowest BCUT2D eigenvalue weighted by molar-refractivity contribution is 0.104. The summed E-state index contributed by atoms with van der Waals surface area (Å²) in [5.74, 6) is -10.7. The molecule has 0 spiro atoms. The number of rotatable bonds is 2. The number of hydrogen-bond donors (Lipinski definition) is 0. The van der Waals surface area contributed by atoms with Crippen molar-refractivity contribution < 1.29 is 26.7 Å². The number of aryl methyl sites for hydroxylation is 1. The second kappa shape index (κ2) is 6.05. The Morgan fingerprint density at radius 2 is 1.54 bits per heavy atom. The lowest BCUT2D eigenvalue weighted by Gasteiger charge is -2.05. The molecule has 2 aromatic rings. The van der Waals surface area contributed by atoms with Gasteiger partial charge in [0.25, 0.3) is 0 Å². The van der Waals surface area contributed by atoms with E-state index in [1.165, 1.54) is 0 Å². The Bertz CT molecular complexity index is 875. The number of hydrogen-bond acceptors (Lipinski definition) is 2. The fraction of sp³-hybridized carbons (Fsp3) is 0.118. The van der Waals surface area contributed by atoms with Gasteiger partial charge in [0.1, 0.15) is 0 Å². The molecule has 0 radical (unpaired) electrons. The Morgan fingerprint density at radius 3 is 2.12 bits per heavy atom. The van der Waals surface area contributed by atoms with Gasteiger partial charge in [0.15, 0.2) is 23.3 Å². The number of carbonyl (C=O) groups is 1. The van der Waals surface area contributed by atoms with Gasteiger partial charge in [-0.1, -0.05) is 30.8 Å². The molecule has 2 aromatic carbocycles. The Morgan fingerprint density at radius 1 is 0.958 bits per heavy atom. The third-order valence-electron chi connectivity index (χ3n) is 3.68. The Balaban J connectivity index is 2.14. The standard InChI is InChI=1S/C17H9F5OS/c1-2-7-4-3-5-8-16(23)10(24-17(7)8)6-9-11(18)13(20)15(22)14(21)12(9)19/h3-6H,2H2,1H3/b10-6-. The summed E-state index contributed by atoms with van der Waals surface area (Å²) in [6.07, 6.45) is 1.35. The monoisotopic (exact) mass is 356 g/mol. The molecule has 0 saturated heterocycles. The number of thioether (sulfide) groups is 1. The second-order valence-electron chi connectivity index (χ2n) is 5.07. The van der Waals surface area contributed by atoms with E-state index in [0.717, 1.165) is 17.3 Å². The lowest BCUT2D eigenvalue weighted by Crippen LogP contribution is -2.05. The topological polar surface area (TPSA) is 17.1 Å². The third-order valence-corrected chi connectivity index (χ3v) is 4.89. The van der Waals surface area contributed by atoms with Gasteiger partial charge >= 0.3 is 0 Å². The summed E-state index contributed by atoms with van der Waals surface area (Å²) in [6, 6.07) is 5.04. The van der Waals surface area contributed by atoms with E-state index in [2.05, 4.69) is 0 Å². The molecule has 0 aromatic heterocycles. The third kappa shape index (κ3) is 2.43. The van der Waals surface area contributed by atoms with E-state index < -0.39 is 40.4 Å². The maximum absolute atomic E-state index is 13.8. The zero-order valence-electron chi connectivity index (χ0n) is 12.2. The van der Waals surface area contributed by atoms with Crippen molar-refractivity contribution in [3.63, 3.8) is 0 Å². The predicted molar refractivity (Wildman–Crippen MR) is 80.2 cm³/mol. The minimum absolute atomic E-state index is 0.0888. The molecule has 24 heavy (non-hydrogen) atoms. The number of ketones is 1. The zero-order valence-corrected chi connectivity index (χ0v) is 13.0. The fourth-order valence-electron chi connectivity index (χ4n) is 2.43. The van der Waals surface area contributed by atoms with Crippen LogP contribution in [-0.4, -0.2) is 5.78 Å². The molecule has 0 aliphatic carbocycles. The molecular weight excluding hydrogens is 347 g/mol. The van der Waals surface area contributed by atoms with Crippen LogP contribution in [0.3, 0.4) is 0 Å². The minimum Gasteiger partial charge on any atom is -0.288 e. The molecule has 1 heterocycles. The first-order valence-electron chi connectivity index (χ1n) is 6.94. The number of benzene rings is 2. The first-order valence-corrected chi connectivity index (χ1v) is 7.76. The molecule has 124 valence electrons. The largest absolute Gasteiger partial charge is 0.288 e. The van der Waals surface area contributed by atoms with Crippen molar-refractivity contribution in [2.45, 2.75) is 18.2 Å². The number of carbonyl (C=O) groups excluding carboxylic acids is 1. The van der Waals surface area contributed by atoms with Gasteiger partial charge in [-0.3, -0.25) is 4.79 Å². The molecule has 0 unspecified atom stereocenters. The van der Waals surface area contributed by atoms with Crippen LogP contribution in [0, 0.1) is 29.1 Å². The van der Waals surface area contributed by atoms with Crippen LogP contribution in [0.2, 0.25) is 0 Å². The molecule has 0 atom stereocenters. The number of fused-ring (bicyclic) bond motifs is 1. The highest BCUT2D eigenvalue weighted by molar-refractivity contribution is 8.05. The summed E-state index contributed by atoms with van der Waals surface area (Å²) in [7, 11) is 0. The van der Waals surface area contributed by atoms with Crippen molar-refractivity contribution in [3.8, 4) is 0 Å². The normalized spacial score (nSPS) is 15.2. The maximum atomic E-state index is 13.8. The number of allylic oxidation sites excluding steroid dienone is 1. The van der Waals surface area contributed by atoms with E-state index >= 15 is 0 Å². The number of halogens is 5. The first kappa shape index (κ1) is 16.7. The van der Waals surface area contributed by atoms with Crippen LogP contribution in [0.15, 0.2) is 28.0 Å². The van der Waals surface area contributed by atoms with E-state index in [1.807, 2.05) is 6.92 Å². The van der Waals surface area contributed by atoms with Crippen LogP contribution in [0.5, 0.6) is 0 Å². The van der Waals surface area contributed by atoms with E-state index in [1.54, 1.807) is 18.2 Å². The predicted octanol–water partition coefficient (Wildman–Crippen LogP) is 5.27. The van der Waals surface area contributed by atoms with E-state index in [0.29, 0.717) is 23.0 Å². The molecule has 0 bridgehead atoms. The second-order valence-corrected chi connectivity index (χ2v) is 6.12. The van der Waals surface area contributed by atoms with Gasteiger partial charge in [-0.15, -0.1) is 0 Å². The van der Waals surface area contributed by atoms with Crippen molar-refractivity contribution in [1.29, 1.82) is 0 Å². The number of Topliss-reactive ketones (excluding diaryl/α,β-unsaturated/α-hetero) is 1. The summed E-state index contributed by atoms with van der Waals surface area (Å²) in [4.78, 5) is 12.9. The van der Waals surface area contributed by atoms with E-state index in [4.69, 9.17) is 0 Å². The highest BCUT2D eigenvalue weighted by Gasteiger charge is 2.30. The van der Waals surface area contributed by atoms with Crippen molar-refractivity contribution in [2.75, 3.05) is 0 Å². The van der Waals surface area contributed by atoms with Crippen molar-refractivity contribution in [1.82, 2.24) is 0 Å². The molecule has 1 aliphatic rings. The van der Waals surface area contributed by atoms with Crippen molar-refractivity contribution in [3.05, 3.63) is 68.9 Å². The molecular formula is C17H9F5OS. The summed E-state index contributed by atoms with van der Waals surface area (Å²) < 4.78 is 67.2. The van der Waals surface area contributed by atoms with Gasteiger partial charge in [0, 0.05) is 10.5 Å². The summed E-state index contributed by atoms with van der Waals surface area (Å²) >= 11 is 0.963. The molecule has 0 saturated carbocycles. The van der Waals surface area contributed by atoms with Crippen LogP contribution in [0.1, 0.15) is 28.4 Å². The maximum Gasteiger partial charge on any atom is 0.200 e. The van der Waals surface area contributed by atoms with Gasteiger partial charge in [0.05, 0.1) is 10.5 Å². The average Bonchev–Trinajstić information content (AvgIpc) is 2.91. The summed E-state index contributed by atoms with van der Waals surface area (Å²) in [5.41, 5.74) is 0.106. The van der Waals surface area contributed by atoms with Crippen LogP contribution < -0.4 is 0 Å². The van der Waals surface area contributed by atoms with Gasteiger partial charge < -0.3 is 0 Å². The Hall–Kier alpha value is -2.15. The van der Waals surface area contributed by atoms with Gasteiger partial charge in [-0.25, -0.2) is 22.0 Å². The average molecular weight is 356 g/mol. The minimum atomic E-state index is -2.23. The van der Waals surface area contributed by atoms with Gasteiger partial charge in [-0.05, 0) is 24.1 Å². The van der Waals surface area contributed by atoms with Crippen LogP contribution in [0.25, 0.3) is 6.08 Å². The summed E-state index contributed by atoms with van der Waals surface area (Å²) in [5, 5.41) is 0. The van der Waals surface area contributed by atoms with E-state index in [9.17, 15) is 26.7 Å². The molecule has 3 rings (SSSR count). The van der Waals surface area contributed by atoms with Gasteiger partial charge in [0.2, 0.25) is 11.6 Å². The highest BCUT2D eigenvalue weighted by atomic mass is 32.2. The quantitative estimate of drug-likeness (QED) is 0.315. The van der Waals surface area contributed by atoms with Crippen LogP contribution >= 0.6 is 11.8 Å². The first-order chi connectivity index (χ1) is 11.4. The van der Waals surface area contributed by atoms with Gasteiger partial charge in [-0.2, -0.15) is 0 Å². The Kier molecular flexibility index (Phi) is 4.21. The van der Waals surface area contributed by atoms with E-state index in [-0.39, 0.29) is 4.91 Å². The molecule has 0 N–H and O–H groups in total. The molecule has 0 fully saturated rings. The zero-order chi connectivity index (χ0) is 17.6. The van der Waals surface area contributed by atoms with Crippen LogP contribution in [0.4, 0.5) is 22.0 Å². The molecule has 0 amide bonds. The highest BCUT2D eigenvalue weighted by Crippen LogP contribution is 2.43. The summed E-state index contributed by atoms with van der Waals surface area (Å²) in [6.45, 7) is 1.88. The Labute approximate surface area is 138 Å². The lowest BCUT2D eigenvalue weighted by atomic mass is 10.0. The van der Waals surface area contributed by atoms with Crippen LogP contribution in [-0.2, 0) is 6.42 Å².